The van der Waals surface area contributed by atoms with Gasteiger partial charge in [-0.2, -0.15) is 0 Å². The third-order valence-electron chi connectivity index (χ3n) is 3.73. The molecule has 1 aliphatic rings. The second kappa shape index (κ2) is 4.49. The van der Waals surface area contributed by atoms with Crippen LogP contribution in [0.1, 0.15) is 19.0 Å². The number of nitrogens with zero attached hydrogens (tertiary/aromatic N) is 3. The molecule has 0 bridgehead atoms. The Morgan fingerprint density at radius 3 is 3.12 bits per heavy atom. The SMILES string of the molecule is CCN1CCC(Cc2cn3ccccc3n2)C1. The fraction of sp³-hybridized carbons (Fsp3) is 0.500. The van der Waals surface area contributed by atoms with E-state index in [9.17, 15) is 0 Å². The molecule has 1 unspecified atom stereocenters. The predicted octanol–water partition coefficient (Wildman–Crippen LogP) is 2.22. The third-order valence-corrected chi connectivity index (χ3v) is 3.73. The van der Waals surface area contributed by atoms with Crippen LogP contribution in [0.2, 0.25) is 0 Å². The van der Waals surface area contributed by atoms with Crippen molar-refractivity contribution < 1.29 is 0 Å². The van der Waals surface area contributed by atoms with Crippen molar-refractivity contribution in [2.75, 3.05) is 19.6 Å². The van der Waals surface area contributed by atoms with Gasteiger partial charge in [0, 0.05) is 18.9 Å². The summed E-state index contributed by atoms with van der Waals surface area (Å²) in [6.45, 7) is 5.92. The number of imidazole rings is 1. The fourth-order valence-corrected chi connectivity index (χ4v) is 2.75. The molecular weight excluding hydrogens is 210 g/mol. The van der Waals surface area contributed by atoms with Gasteiger partial charge in [0.25, 0.3) is 0 Å². The molecule has 90 valence electrons. The molecule has 0 aliphatic carbocycles. The molecule has 3 rings (SSSR count). The average molecular weight is 229 g/mol. The van der Waals surface area contributed by atoms with Crippen molar-refractivity contribution in [1.29, 1.82) is 0 Å². The van der Waals surface area contributed by atoms with Gasteiger partial charge in [0.1, 0.15) is 5.65 Å². The standard InChI is InChI=1S/C14H19N3/c1-2-16-8-6-12(10-16)9-13-11-17-7-4-3-5-14(17)15-13/h3-5,7,11-12H,2,6,8-10H2,1H3. The van der Waals surface area contributed by atoms with Gasteiger partial charge in [0.2, 0.25) is 0 Å². The lowest BCUT2D eigenvalue weighted by atomic mass is 10.0. The third kappa shape index (κ3) is 2.20. The molecule has 3 heteroatoms. The Kier molecular flexibility index (Phi) is 2.85. The molecule has 2 aromatic heterocycles. The molecule has 0 saturated carbocycles. The number of aromatic nitrogens is 2. The first-order valence-electron chi connectivity index (χ1n) is 6.50. The van der Waals surface area contributed by atoms with Crippen LogP contribution in [0, 0.1) is 5.92 Å². The van der Waals surface area contributed by atoms with Gasteiger partial charge in [0.05, 0.1) is 5.69 Å². The second-order valence-corrected chi connectivity index (χ2v) is 4.95. The average Bonchev–Trinajstić information content (AvgIpc) is 2.94. The molecule has 0 N–H and O–H groups in total. The monoisotopic (exact) mass is 229 g/mol. The maximum absolute atomic E-state index is 4.67. The summed E-state index contributed by atoms with van der Waals surface area (Å²) in [5.74, 6) is 0.792. The molecule has 3 nitrogen and oxygen atoms in total. The number of likely N-dealkylation sites (tertiary alicyclic amines) is 1. The van der Waals surface area contributed by atoms with E-state index in [1.54, 1.807) is 0 Å². The van der Waals surface area contributed by atoms with Crippen molar-refractivity contribution in [2.24, 2.45) is 5.92 Å². The lowest BCUT2D eigenvalue weighted by molar-refractivity contribution is 0.341. The van der Waals surface area contributed by atoms with Gasteiger partial charge >= 0.3 is 0 Å². The summed E-state index contributed by atoms with van der Waals surface area (Å²) in [6, 6.07) is 6.16. The minimum absolute atomic E-state index is 0.792. The van der Waals surface area contributed by atoms with Gasteiger partial charge in [-0.25, -0.2) is 4.98 Å². The van der Waals surface area contributed by atoms with E-state index < -0.39 is 0 Å². The smallest absolute Gasteiger partial charge is 0.136 e. The maximum atomic E-state index is 4.67. The van der Waals surface area contributed by atoms with Crippen LogP contribution < -0.4 is 0 Å². The van der Waals surface area contributed by atoms with Gasteiger partial charge in [-0.15, -0.1) is 0 Å². The van der Waals surface area contributed by atoms with Gasteiger partial charge in [-0.1, -0.05) is 13.0 Å². The number of rotatable bonds is 3. The second-order valence-electron chi connectivity index (χ2n) is 4.95. The number of hydrogen-bond acceptors (Lipinski definition) is 2. The molecule has 0 spiro atoms. The zero-order valence-electron chi connectivity index (χ0n) is 10.3. The topological polar surface area (TPSA) is 20.5 Å². The van der Waals surface area contributed by atoms with Crippen LogP contribution in [-0.2, 0) is 6.42 Å². The first-order valence-corrected chi connectivity index (χ1v) is 6.50. The predicted molar refractivity (Wildman–Crippen MR) is 69.1 cm³/mol. The van der Waals surface area contributed by atoms with Crippen LogP contribution in [0.3, 0.4) is 0 Å². The van der Waals surface area contributed by atoms with Crippen LogP contribution in [0.25, 0.3) is 5.65 Å². The molecule has 1 saturated heterocycles. The van der Waals surface area contributed by atoms with Crippen molar-refractivity contribution in [3.8, 4) is 0 Å². The summed E-state index contributed by atoms with van der Waals surface area (Å²) in [5, 5.41) is 0. The number of hydrogen-bond donors (Lipinski definition) is 0. The zero-order valence-corrected chi connectivity index (χ0v) is 10.3. The van der Waals surface area contributed by atoms with Gasteiger partial charge in [-0.05, 0) is 44.0 Å². The Bertz CT molecular complexity index is 470. The molecule has 1 atom stereocenters. The van der Waals surface area contributed by atoms with Gasteiger partial charge in [0.15, 0.2) is 0 Å². The Labute approximate surface area is 102 Å². The summed E-state index contributed by atoms with van der Waals surface area (Å²) in [7, 11) is 0. The number of fused-ring (bicyclic) bond motifs is 1. The molecule has 0 aromatic carbocycles. The minimum Gasteiger partial charge on any atom is -0.307 e. The molecule has 3 heterocycles. The van der Waals surface area contributed by atoms with E-state index in [-0.39, 0.29) is 0 Å². The Balaban J connectivity index is 1.73. The summed E-state index contributed by atoms with van der Waals surface area (Å²) in [6.07, 6.45) is 6.68. The summed E-state index contributed by atoms with van der Waals surface area (Å²) in [4.78, 5) is 7.20. The quantitative estimate of drug-likeness (QED) is 0.804. The zero-order chi connectivity index (χ0) is 11.7. The van der Waals surface area contributed by atoms with Crippen LogP contribution >= 0.6 is 0 Å². The highest BCUT2D eigenvalue weighted by Gasteiger charge is 2.22. The minimum atomic E-state index is 0.792. The highest BCUT2D eigenvalue weighted by molar-refractivity contribution is 5.39. The first-order chi connectivity index (χ1) is 8.35. The highest BCUT2D eigenvalue weighted by atomic mass is 15.1. The van der Waals surface area contributed by atoms with Crippen molar-refractivity contribution in [3.63, 3.8) is 0 Å². The molecular formula is C14H19N3. The van der Waals surface area contributed by atoms with E-state index >= 15 is 0 Å². The Morgan fingerprint density at radius 2 is 2.35 bits per heavy atom. The lowest BCUT2D eigenvalue weighted by Crippen LogP contribution is -2.20. The molecule has 0 amide bonds. The van der Waals surface area contributed by atoms with E-state index in [0.717, 1.165) is 18.0 Å². The fourth-order valence-electron chi connectivity index (χ4n) is 2.75. The van der Waals surface area contributed by atoms with Crippen molar-refractivity contribution >= 4 is 5.65 Å². The van der Waals surface area contributed by atoms with Crippen LogP contribution in [0.15, 0.2) is 30.6 Å². The Hall–Kier alpha value is -1.35. The first kappa shape index (κ1) is 10.8. The molecule has 2 aromatic rings. The highest BCUT2D eigenvalue weighted by Crippen LogP contribution is 2.20. The maximum Gasteiger partial charge on any atom is 0.136 e. The van der Waals surface area contributed by atoms with E-state index in [1.165, 1.54) is 31.7 Å². The van der Waals surface area contributed by atoms with Crippen LogP contribution in [0.4, 0.5) is 0 Å². The molecule has 1 fully saturated rings. The normalized spacial score (nSPS) is 21.4. The number of pyridine rings is 1. The largest absolute Gasteiger partial charge is 0.307 e. The summed E-state index contributed by atoms with van der Waals surface area (Å²) < 4.78 is 2.11. The van der Waals surface area contributed by atoms with Gasteiger partial charge in [-0.3, -0.25) is 0 Å². The van der Waals surface area contributed by atoms with Crippen LogP contribution in [0.5, 0.6) is 0 Å². The van der Waals surface area contributed by atoms with Crippen LogP contribution in [-0.4, -0.2) is 33.9 Å². The van der Waals surface area contributed by atoms with E-state index in [4.69, 9.17) is 0 Å². The molecule has 0 radical (unpaired) electrons. The van der Waals surface area contributed by atoms with Crippen molar-refractivity contribution in [3.05, 3.63) is 36.3 Å². The lowest BCUT2D eigenvalue weighted by Gasteiger charge is -2.11. The Morgan fingerprint density at radius 1 is 1.41 bits per heavy atom. The van der Waals surface area contributed by atoms with Crippen molar-refractivity contribution in [1.82, 2.24) is 14.3 Å². The van der Waals surface area contributed by atoms with E-state index in [2.05, 4.69) is 39.7 Å². The summed E-state index contributed by atoms with van der Waals surface area (Å²) in [5.41, 5.74) is 2.30. The molecule has 1 aliphatic heterocycles. The summed E-state index contributed by atoms with van der Waals surface area (Å²) >= 11 is 0. The van der Waals surface area contributed by atoms with E-state index in [1.807, 2.05) is 12.1 Å². The molecule has 17 heavy (non-hydrogen) atoms. The van der Waals surface area contributed by atoms with Crippen molar-refractivity contribution in [2.45, 2.75) is 19.8 Å². The van der Waals surface area contributed by atoms with Gasteiger partial charge < -0.3 is 9.30 Å². The van der Waals surface area contributed by atoms with E-state index in [0.29, 0.717) is 0 Å².